The Bertz CT molecular complexity index is 858. The molecule has 0 atom stereocenters. The minimum Gasteiger partial charge on any atom is -0.406 e. The molecule has 156 valence electrons. The average Bonchev–Trinajstić information content (AvgIpc) is 2.58. The second-order valence-electron chi connectivity index (χ2n) is 5.78. The van der Waals surface area contributed by atoms with Crippen LogP contribution in [0.2, 0.25) is 0 Å². The number of aromatic nitrogens is 2. The molecule has 3 amide bonds. The molecule has 1 aromatic carbocycles. The van der Waals surface area contributed by atoms with Gasteiger partial charge in [0.15, 0.2) is 0 Å². The molecular formula is C17H19F3N6O3. The van der Waals surface area contributed by atoms with Gasteiger partial charge in [0.2, 0.25) is 11.9 Å². The summed E-state index contributed by atoms with van der Waals surface area (Å²) in [6, 6.07) is 5.65. The van der Waals surface area contributed by atoms with Gasteiger partial charge in [0, 0.05) is 37.5 Å². The van der Waals surface area contributed by atoms with E-state index in [4.69, 9.17) is 0 Å². The lowest BCUT2D eigenvalue weighted by Gasteiger charge is -2.11. The van der Waals surface area contributed by atoms with Crippen molar-refractivity contribution in [2.75, 3.05) is 29.0 Å². The number of alkyl halides is 3. The van der Waals surface area contributed by atoms with Crippen molar-refractivity contribution in [1.82, 2.24) is 15.3 Å². The fourth-order valence-corrected chi connectivity index (χ4v) is 2.15. The molecule has 0 aliphatic rings. The smallest absolute Gasteiger partial charge is 0.406 e. The Kier molecular flexibility index (Phi) is 7.17. The molecule has 1 heterocycles. The summed E-state index contributed by atoms with van der Waals surface area (Å²) in [6.07, 6.45) is -4.79. The molecule has 0 fully saturated rings. The fraction of sp³-hybridized carbons (Fsp3) is 0.294. The highest BCUT2D eigenvalue weighted by Crippen LogP contribution is 2.24. The number of carbonyl (C=O) groups is 2. The van der Waals surface area contributed by atoms with Gasteiger partial charge in [-0.3, -0.25) is 10.1 Å². The quantitative estimate of drug-likeness (QED) is 0.520. The van der Waals surface area contributed by atoms with Crippen molar-refractivity contribution in [1.29, 1.82) is 0 Å². The van der Waals surface area contributed by atoms with Gasteiger partial charge < -0.3 is 20.7 Å². The predicted molar refractivity (Wildman–Crippen MR) is 99.7 cm³/mol. The van der Waals surface area contributed by atoms with Crippen LogP contribution in [0.15, 0.2) is 30.3 Å². The number of aryl methyl sites for hydroxylation is 1. The van der Waals surface area contributed by atoms with Crippen molar-refractivity contribution >= 4 is 29.4 Å². The molecule has 0 unspecified atom stereocenters. The van der Waals surface area contributed by atoms with E-state index in [9.17, 15) is 22.8 Å². The van der Waals surface area contributed by atoms with E-state index >= 15 is 0 Å². The minimum absolute atomic E-state index is 0.0292. The third-order valence-electron chi connectivity index (χ3n) is 3.23. The minimum atomic E-state index is -4.79. The van der Waals surface area contributed by atoms with Crippen LogP contribution in [-0.2, 0) is 4.79 Å². The Morgan fingerprint density at radius 1 is 1.07 bits per heavy atom. The van der Waals surface area contributed by atoms with Crippen molar-refractivity contribution in [2.24, 2.45) is 0 Å². The van der Waals surface area contributed by atoms with E-state index in [-0.39, 0.29) is 17.5 Å². The molecule has 0 bridgehead atoms. The number of urea groups is 1. The van der Waals surface area contributed by atoms with E-state index in [0.717, 1.165) is 12.1 Å². The van der Waals surface area contributed by atoms with E-state index in [1.165, 1.54) is 19.1 Å². The summed E-state index contributed by atoms with van der Waals surface area (Å²) in [4.78, 5) is 31.1. The second-order valence-corrected chi connectivity index (χ2v) is 5.78. The Labute approximate surface area is 164 Å². The lowest BCUT2D eigenvalue weighted by Crippen LogP contribution is -2.26. The van der Waals surface area contributed by atoms with Crippen LogP contribution in [0, 0.1) is 6.92 Å². The first-order chi connectivity index (χ1) is 13.6. The van der Waals surface area contributed by atoms with Crippen molar-refractivity contribution in [3.05, 3.63) is 36.0 Å². The van der Waals surface area contributed by atoms with Crippen LogP contribution in [0.25, 0.3) is 0 Å². The normalized spacial score (nSPS) is 10.8. The first-order valence-electron chi connectivity index (χ1n) is 8.38. The lowest BCUT2D eigenvalue weighted by molar-refractivity contribution is -0.274. The highest BCUT2D eigenvalue weighted by molar-refractivity contribution is 5.98. The summed E-state index contributed by atoms with van der Waals surface area (Å²) in [5, 5.41) is 10.5. The molecule has 1 aromatic heterocycles. The SMILES string of the molecule is CC(=O)NCCNc1cc(C)nc(NC(=O)Nc2ccc(OC(F)(F)F)cc2)n1. The molecule has 0 radical (unpaired) electrons. The fourth-order valence-electron chi connectivity index (χ4n) is 2.15. The van der Waals surface area contributed by atoms with E-state index in [1.54, 1.807) is 13.0 Å². The molecule has 9 nitrogen and oxygen atoms in total. The molecular weight excluding hydrogens is 393 g/mol. The standard InChI is InChI=1S/C17H19F3N6O3/c1-10-9-14(22-8-7-21-11(2)27)25-15(23-10)26-16(28)24-12-3-5-13(6-4-12)29-17(18,19)20/h3-6,9H,7-8H2,1-2H3,(H,21,27)(H3,22,23,24,25,26,28). The van der Waals surface area contributed by atoms with E-state index < -0.39 is 18.1 Å². The first-order valence-corrected chi connectivity index (χ1v) is 8.38. The summed E-state index contributed by atoms with van der Waals surface area (Å²) in [6.45, 7) is 3.94. The summed E-state index contributed by atoms with van der Waals surface area (Å²) in [7, 11) is 0. The maximum Gasteiger partial charge on any atom is 0.573 e. The maximum atomic E-state index is 12.2. The van der Waals surface area contributed by atoms with Crippen LogP contribution in [0.3, 0.4) is 0 Å². The lowest BCUT2D eigenvalue weighted by atomic mass is 10.3. The Morgan fingerprint density at radius 3 is 2.38 bits per heavy atom. The van der Waals surface area contributed by atoms with Crippen LogP contribution in [0.5, 0.6) is 5.75 Å². The monoisotopic (exact) mass is 412 g/mol. The highest BCUT2D eigenvalue weighted by atomic mass is 19.4. The third-order valence-corrected chi connectivity index (χ3v) is 3.23. The van der Waals surface area contributed by atoms with Crippen molar-refractivity contribution in [3.63, 3.8) is 0 Å². The largest absolute Gasteiger partial charge is 0.573 e. The number of carbonyl (C=O) groups excluding carboxylic acids is 2. The van der Waals surface area contributed by atoms with Gasteiger partial charge in [-0.1, -0.05) is 0 Å². The molecule has 0 aliphatic carbocycles. The zero-order valence-corrected chi connectivity index (χ0v) is 15.6. The Morgan fingerprint density at radius 2 is 1.76 bits per heavy atom. The van der Waals surface area contributed by atoms with Crippen molar-refractivity contribution < 1.29 is 27.5 Å². The third kappa shape index (κ3) is 8.32. The highest BCUT2D eigenvalue weighted by Gasteiger charge is 2.30. The van der Waals surface area contributed by atoms with Gasteiger partial charge >= 0.3 is 12.4 Å². The predicted octanol–water partition coefficient (Wildman–Crippen LogP) is 2.88. The number of hydrogen-bond donors (Lipinski definition) is 4. The van der Waals surface area contributed by atoms with E-state index in [0.29, 0.717) is 24.6 Å². The number of benzene rings is 1. The van der Waals surface area contributed by atoms with Gasteiger partial charge in [-0.15, -0.1) is 13.2 Å². The number of rotatable bonds is 7. The molecule has 0 saturated heterocycles. The van der Waals surface area contributed by atoms with Gasteiger partial charge in [-0.25, -0.2) is 9.78 Å². The zero-order valence-electron chi connectivity index (χ0n) is 15.6. The average molecular weight is 412 g/mol. The number of anilines is 3. The van der Waals surface area contributed by atoms with Gasteiger partial charge in [0.25, 0.3) is 0 Å². The van der Waals surface area contributed by atoms with Crippen LogP contribution in [0.4, 0.5) is 35.4 Å². The van der Waals surface area contributed by atoms with Crippen LogP contribution in [0.1, 0.15) is 12.6 Å². The summed E-state index contributed by atoms with van der Waals surface area (Å²) < 4.78 is 40.2. The molecule has 4 N–H and O–H groups in total. The molecule has 0 aliphatic heterocycles. The summed E-state index contributed by atoms with van der Waals surface area (Å²) >= 11 is 0. The zero-order chi connectivity index (χ0) is 21.4. The number of nitrogens with one attached hydrogen (secondary N) is 4. The molecule has 12 heteroatoms. The topological polar surface area (TPSA) is 117 Å². The van der Waals surface area contributed by atoms with E-state index in [1.807, 2.05) is 0 Å². The molecule has 2 rings (SSSR count). The molecule has 0 saturated carbocycles. The van der Waals surface area contributed by atoms with E-state index in [2.05, 4.69) is 36.0 Å². The number of amides is 3. The van der Waals surface area contributed by atoms with Gasteiger partial charge in [-0.2, -0.15) is 4.98 Å². The van der Waals surface area contributed by atoms with Crippen LogP contribution in [-0.4, -0.2) is 41.4 Å². The number of nitrogens with zero attached hydrogens (tertiary/aromatic N) is 2. The van der Waals surface area contributed by atoms with Crippen LogP contribution >= 0.6 is 0 Å². The van der Waals surface area contributed by atoms with Crippen molar-refractivity contribution in [2.45, 2.75) is 20.2 Å². The Balaban J connectivity index is 1.92. The summed E-state index contributed by atoms with van der Waals surface area (Å²) in [5.74, 6) is -0.0727. The number of halogens is 3. The molecule has 29 heavy (non-hydrogen) atoms. The second kappa shape index (κ2) is 9.57. The van der Waals surface area contributed by atoms with Crippen LogP contribution < -0.4 is 26.0 Å². The molecule has 2 aromatic rings. The number of ether oxygens (including phenoxy) is 1. The van der Waals surface area contributed by atoms with Gasteiger partial charge in [0.05, 0.1) is 0 Å². The van der Waals surface area contributed by atoms with Crippen molar-refractivity contribution in [3.8, 4) is 5.75 Å². The van der Waals surface area contributed by atoms with Gasteiger partial charge in [-0.05, 0) is 31.2 Å². The first kappa shape index (κ1) is 21.7. The van der Waals surface area contributed by atoms with Gasteiger partial charge in [0.1, 0.15) is 11.6 Å². The molecule has 0 spiro atoms. The Hall–Kier alpha value is -3.57. The number of hydrogen-bond acceptors (Lipinski definition) is 6. The summed E-state index contributed by atoms with van der Waals surface area (Å²) in [5.41, 5.74) is 0.837. The maximum absolute atomic E-state index is 12.2.